The highest BCUT2D eigenvalue weighted by atomic mass is 16.2. The third-order valence-electron chi connectivity index (χ3n) is 8.87. The molecule has 2 atom stereocenters. The molecule has 1 aliphatic carbocycles. The molecule has 1 heterocycles. The van der Waals surface area contributed by atoms with E-state index in [9.17, 15) is 14.4 Å². The number of anilines is 3. The second-order valence-corrected chi connectivity index (χ2v) is 12.3. The van der Waals surface area contributed by atoms with Gasteiger partial charge in [0.25, 0.3) is 0 Å². The number of carbonyl (C=O) groups excluding carboxylic acids is 3. The minimum absolute atomic E-state index is 0.141. The van der Waals surface area contributed by atoms with Crippen LogP contribution in [0.1, 0.15) is 63.5 Å². The van der Waals surface area contributed by atoms with Gasteiger partial charge in [-0.15, -0.1) is 0 Å². The maximum absolute atomic E-state index is 14.2. The Labute approximate surface area is 248 Å². The lowest BCUT2D eigenvalue weighted by molar-refractivity contribution is -0.142. The highest BCUT2D eigenvalue weighted by molar-refractivity contribution is 6.01. The summed E-state index contributed by atoms with van der Waals surface area (Å²) >= 11 is 0. The molecule has 42 heavy (non-hydrogen) atoms. The molecule has 1 saturated carbocycles. The number of hydrogen-bond donors (Lipinski definition) is 3. The number of hydrogen-bond acceptors (Lipinski definition) is 4. The molecule has 0 spiro atoms. The zero-order chi connectivity index (χ0) is 29.7. The number of nitrogens with one attached hydrogen (secondary N) is 2. The van der Waals surface area contributed by atoms with Crippen molar-refractivity contribution in [3.63, 3.8) is 0 Å². The van der Waals surface area contributed by atoms with Crippen LogP contribution in [0.25, 0.3) is 0 Å². The number of primary amides is 1. The fourth-order valence-electron chi connectivity index (χ4n) is 6.73. The van der Waals surface area contributed by atoms with Crippen molar-refractivity contribution >= 4 is 34.8 Å². The van der Waals surface area contributed by atoms with Gasteiger partial charge in [-0.2, -0.15) is 0 Å². The number of carbonyl (C=O) groups is 3. The molecule has 0 saturated heterocycles. The van der Waals surface area contributed by atoms with E-state index in [1.807, 2.05) is 66.7 Å². The lowest BCUT2D eigenvalue weighted by Crippen LogP contribution is -2.54. The van der Waals surface area contributed by atoms with Crippen molar-refractivity contribution < 1.29 is 14.4 Å². The summed E-state index contributed by atoms with van der Waals surface area (Å²) in [6.45, 7) is 4.48. The normalized spacial score (nSPS) is 18.7. The van der Waals surface area contributed by atoms with Crippen molar-refractivity contribution in [2.24, 2.45) is 23.0 Å². The van der Waals surface area contributed by atoms with Gasteiger partial charge >= 0.3 is 0 Å². The summed E-state index contributed by atoms with van der Waals surface area (Å²) < 4.78 is 0. The number of aryl methyl sites for hydroxylation is 1. The van der Waals surface area contributed by atoms with Crippen LogP contribution in [-0.4, -0.2) is 23.8 Å². The predicted octanol–water partition coefficient (Wildman–Crippen LogP) is 6.10. The fourth-order valence-corrected chi connectivity index (χ4v) is 6.73. The van der Waals surface area contributed by atoms with Crippen LogP contribution in [0.2, 0.25) is 0 Å². The van der Waals surface area contributed by atoms with Crippen molar-refractivity contribution in [2.75, 3.05) is 10.2 Å². The Morgan fingerprint density at radius 1 is 0.952 bits per heavy atom. The Kier molecular flexibility index (Phi) is 8.95. The number of nitrogens with two attached hydrogens (primary N) is 1. The summed E-state index contributed by atoms with van der Waals surface area (Å²) in [5.41, 5.74) is 9.94. The maximum Gasteiger partial charge on any atom is 0.249 e. The monoisotopic (exact) mass is 566 g/mol. The van der Waals surface area contributed by atoms with E-state index in [0.29, 0.717) is 38.6 Å². The number of nitrogens with zero attached hydrogens (tertiary/aromatic N) is 1. The smallest absolute Gasteiger partial charge is 0.249 e. The van der Waals surface area contributed by atoms with E-state index >= 15 is 0 Å². The summed E-state index contributed by atoms with van der Waals surface area (Å²) in [4.78, 5) is 42.7. The first-order valence-corrected chi connectivity index (χ1v) is 15.2. The van der Waals surface area contributed by atoms with E-state index < -0.39 is 23.3 Å². The highest BCUT2D eigenvalue weighted by Crippen LogP contribution is 2.47. The van der Waals surface area contributed by atoms with Gasteiger partial charge in [-0.25, -0.2) is 0 Å². The van der Waals surface area contributed by atoms with Crippen LogP contribution in [0.4, 0.5) is 17.1 Å². The first-order chi connectivity index (χ1) is 20.3. The molecule has 3 aromatic carbocycles. The lowest BCUT2D eigenvalue weighted by atomic mass is 9.69. The number of rotatable bonds is 10. The molecule has 1 fully saturated rings. The average molecular weight is 567 g/mol. The third-order valence-corrected chi connectivity index (χ3v) is 8.87. The van der Waals surface area contributed by atoms with Gasteiger partial charge < -0.3 is 21.3 Å². The Hall–Kier alpha value is -4.13. The number of para-hydroxylation sites is 2. The molecule has 4 N–H and O–H groups in total. The second kappa shape index (κ2) is 12.8. The number of amides is 3. The predicted molar refractivity (Wildman–Crippen MR) is 167 cm³/mol. The van der Waals surface area contributed by atoms with Gasteiger partial charge in [0.2, 0.25) is 17.7 Å². The van der Waals surface area contributed by atoms with Crippen LogP contribution in [-0.2, 0) is 27.3 Å². The van der Waals surface area contributed by atoms with E-state index in [-0.39, 0.29) is 17.7 Å². The quantitative estimate of drug-likeness (QED) is 0.276. The van der Waals surface area contributed by atoms with Gasteiger partial charge in [0, 0.05) is 17.1 Å². The largest absolute Gasteiger partial charge is 0.369 e. The summed E-state index contributed by atoms with van der Waals surface area (Å²) in [7, 11) is 0. The topological polar surface area (TPSA) is 105 Å². The summed E-state index contributed by atoms with van der Waals surface area (Å²) in [5.74, 6) is -1.11. The molecule has 1 aliphatic heterocycles. The number of benzene rings is 3. The molecule has 2 unspecified atom stereocenters. The number of fused-ring (bicyclic) bond motifs is 1. The van der Waals surface area contributed by atoms with Crippen LogP contribution in [0.3, 0.4) is 0 Å². The molecular formula is C35H42N4O3. The molecular weight excluding hydrogens is 524 g/mol. The maximum atomic E-state index is 14.2. The molecule has 3 amide bonds. The van der Waals surface area contributed by atoms with E-state index in [0.717, 1.165) is 41.0 Å². The van der Waals surface area contributed by atoms with Crippen LogP contribution in [0.15, 0.2) is 78.9 Å². The first kappa shape index (κ1) is 29.4. The van der Waals surface area contributed by atoms with Crippen LogP contribution in [0, 0.1) is 17.3 Å². The first-order valence-electron chi connectivity index (χ1n) is 15.2. The Morgan fingerprint density at radius 3 is 2.36 bits per heavy atom. The molecule has 7 heteroatoms. The Balaban J connectivity index is 1.40. The molecule has 3 aromatic rings. The van der Waals surface area contributed by atoms with Gasteiger partial charge in [0.1, 0.15) is 6.04 Å². The molecule has 7 nitrogen and oxygen atoms in total. The standard InChI is InChI=1S/C35H42N4O3/c1-24(2)21-29(35(34(36)42)19-8-9-20-35)32(40)38-30-18-17-26-12-6-7-16-31(26)39(33(30)41)23-25-11-10-15-28(22-25)37-27-13-4-3-5-14-27/h3-7,10-16,22,24,29-30,37H,8-9,17-21,23H2,1-2H3,(H2,36,42)(H,38,40). The van der Waals surface area contributed by atoms with Crippen molar-refractivity contribution in [2.45, 2.75) is 71.4 Å². The van der Waals surface area contributed by atoms with Gasteiger partial charge in [0.05, 0.1) is 17.9 Å². The zero-order valence-corrected chi connectivity index (χ0v) is 24.6. The molecule has 220 valence electrons. The zero-order valence-electron chi connectivity index (χ0n) is 24.6. The minimum Gasteiger partial charge on any atom is -0.369 e. The minimum atomic E-state index is -0.850. The molecule has 0 radical (unpaired) electrons. The summed E-state index contributed by atoms with van der Waals surface area (Å²) in [6.07, 6.45) is 4.72. The lowest BCUT2D eigenvalue weighted by Gasteiger charge is -2.36. The van der Waals surface area contributed by atoms with E-state index in [2.05, 4.69) is 36.6 Å². The summed E-state index contributed by atoms with van der Waals surface area (Å²) in [6, 6.07) is 25.3. The second-order valence-electron chi connectivity index (χ2n) is 12.3. The van der Waals surface area contributed by atoms with Gasteiger partial charge in [-0.3, -0.25) is 14.4 Å². The molecule has 0 aromatic heterocycles. The molecule has 2 aliphatic rings. The van der Waals surface area contributed by atoms with Crippen molar-refractivity contribution in [1.82, 2.24) is 5.32 Å². The van der Waals surface area contributed by atoms with Gasteiger partial charge in [-0.05, 0) is 79.5 Å². The van der Waals surface area contributed by atoms with Crippen LogP contribution >= 0.6 is 0 Å². The van der Waals surface area contributed by atoms with E-state index in [1.54, 1.807) is 4.90 Å². The average Bonchev–Trinajstić information content (AvgIpc) is 3.44. The highest BCUT2D eigenvalue weighted by Gasteiger charge is 2.50. The van der Waals surface area contributed by atoms with Crippen molar-refractivity contribution in [1.29, 1.82) is 0 Å². The fraction of sp³-hybridized carbons (Fsp3) is 0.400. The SMILES string of the molecule is CC(C)CC(C(=O)NC1CCc2ccccc2N(Cc2cccc(Nc3ccccc3)c2)C1=O)C1(C(N)=O)CCCC1. The van der Waals surface area contributed by atoms with Crippen molar-refractivity contribution in [3.8, 4) is 0 Å². The van der Waals surface area contributed by atoms with E-state index in [1.165, 1.54) is 0 Å². The van der Waals surface area contributed by atoms with Crippen molar-refractivity contribution in [3.05, 3.63) is 90.0 Å². The Morgan fingerprint density at radius 2 is 1.64 bits per heavy atom. The summed E-state index contributed by atoms with van der Waals surface area (Å²) in [5, 5.41) is 6.54. The van der Waals surface area contributed by atoms with Gasteiger partial charge in [0.15, 0.2) is 0 Å². The molecule has 0 bridgehead atoms. The Bertz CT molecular complexity index is 1410. The van der Waals surface area contributed by atoms with Crippen LogP contribution < -0.4 is 21.3 Å². The van der Waals surface area contributed by atoms with E-state index in [4.69, 9.17) is 5.73 Å². The molecule has 5 rings (SSSR count). The van der Waals surface area contributed by atoms with Gasteiger partial charge in [-0.1, -0.05) is 75.2 Å². The van der Waals surface area contributed by atoms with Crippen LogP contribution in [0.5, 0.6) is 0 Å². The third kappa shape index (κ3) is 6.35.